The second-order valence-corrected chi connectivity index (χ2v) is 3.52. The Kier molecular flexibility index (Phi) is 3.13. The number of para-hydroxylation sites is 1. The van der Waals surface area contributed by atoms with E-state index in [4.69, 9.17) is 10.5 Å². The standard InChI is InChI=1S/C11H12N4O3/c1-15-6-13-11(14-15)18-9-7(10(16)17-2)4-3-5-8(9)12/h3-6H,12H2,1-2H3. The van der Waals surface area contributed by atoms with Crippen LogP contribution in [0.1, 0.15) is 10.4 Å². The molecule has 2 aromatic rings. The van der Waals surface area contributed by atoms with Crippen LogP contribution in [0.5, 0.6) is 11.8 Å². The van der Waals surface area contributed by atoms with Crippen molar-refractivity contribution in [3.05, 3.63) is 30.1 Å². The molecular formula is C11H12N4O3. The molecule has 0 atom stereocenters. The molecule has 18 heavy (non-hydrogen) atoms. The Balaban J connectivity index is 2.39. The van der Waals surface area contributed by atoms with Gasteiger partial charge in [-0.25, -0.2) is 4.79 Å². The molecule has 0 aliphatic carbocycles. The number of aromatic nitrogens is 3. The van der Waals surface area contributed by atoms with E-state index in [1.54, 1.807) is 25.2 Å². The van der Waals surface area contributed by atoms with Gasteiger partial charge in [0.1, 0.15) is 11.9 Å². The van der Waals surface area contributed by atoms with Crippen molar-refractivity contribution in [1.29, 1.82) is 0 Å². The largest absolute Gasteiger partial charge is 0.465 e. The summed E-state index contributed by atoms with van der Waals surface area (Å²) in [4.78, 5) is 15.5. The van der Waals surface area contributed by atoms with Crippen LogP contribution in [-0.4, -0.2) is 27.8 Å². The van der Waals surface area contributed by atoms with Crippen molar-refractivity contribution in [3.8, 4) is 11.8 Å². The molecule has 0 saturated carbocycles. The van der Waals surface area contributed by atoms with E-state index in [2.05, 4.69) is 14.8 Å². The van der Waals surface area contributed by atoms with Crippen LogP contribution in [0.3, 0.4) is 0 Å². The highest BCUT2D eigenvalue weighted by atomic mass is 16.5. The number of ether oxygens (including phenoxy) is 2. The molecular weight excluding hydrogens is 236 g/mol. The van der Waals surface area contributed by atoms with Gasteiger partial charge in [-0.1, -0.05) is 6.07 Å². The minimum atomic E-state index is -0.534. The molecule has 0 unspecified atom stereocenters. The Bertz CT molecular complexity index is 579. The summed E-state index contributed by atoms with van der Waals surface area (Å²) in [6.45, 7) is 0. The molecule has 0 bridgehead atoms. The third-order valence-electron chi connectivity index (χ3n) is 2.22. The number of benzene rings is 1. The highest BCUT2D eigenvalue weighted by molar-refractivity contribution is 5.94. The zero-order valence-corrected chi connectivity index (χ0v) is 9.95. The number of esters is 1. The number of hydrogen-bond acceptors (Lipinski definition) is 6. The molecule has 7 nitrogen and oxygen atoms in total. The molecule has 7 heteroatoms. The van der Waals surface area contributed by atoms with E-state index >= 15 is 0 Å². The van der Waals surface area contributed by atoms with Gasteiger partial charge in [0.25, 0.3) is 0 Å². The van der Waals surface area contributed by atoms with E-state index in [0.717, 1.165) is 0 Å². The van der Waals surface area contributed by atoms with Crippen molar-refractivity contribution >= 4 is 11.7 Å². The number of anilines is 1. The van der Waals surface area contributed by atoms with Crippen molar-refractivity contribution in [2.75, 3.05) is 12.8 Å². The lowest BCUT2D eigenvalue weighted by molar-refractivity contribution is 0.0598. The molecule has 0 saturated heterocycles. The Morgan fingerprint density at radius 1 is 1.44 bits per heavy atom. The minimum absolute atomic E-state index is 0.112. The van der Waals surface area contributed by atoms with Gasteiger partial charge in [-0.3, -0.25) is 4.68 Å². The number of nitrogens with two attached hydrogens (primary N) is 1. The van der Waals surface area contributed by atoms with Crippen LogP contribution in [0.25, 0.3) is 0 Å². The van der Waals surface area contributed by atoms with Crippen LogP contribution in [0.2, 0.25) is 0 Å². The first-order chi connectivity index (χ1) is 8.61. The Hall–Kier alpha value is -2.57. The molecule has 2 rings (SSSR count). The maximum Gasteiger partial charge on any atom is 0.341 e. The first kappa shape index (κ1) is 11.9. The molecule has 2 N–H and O–H groups in total. The maximum absolute atomic E-state index is 11.6. The molecule has 1 heterocycles. The van der Waals surface area contributed by atoms with Gasteiger partial charge in [-0.2, -0.15) is 4.98 Å². The van der Waals surface area contributed by atoms with Gasteiger partial charge >= 0.3 is 12.0 Å². The first-order valence-corrected chi connectivity index (χ1v) is 5.12. The Morgan fingerprint density at radius 3 is 2.83 bits per heavy atom. The number of rotatable bonds is 3. The third-order valence-corrected chi connectivity index (χ3v) is 2.22. The minimum Gasteiger partial charge on any atom is -0.465 e. The van der Waals surface area contributed by atoms with Crippen LogP contribution in [-0.2, 0) is 11.8 Å². The number of aryl methyl sites for hydroxylation is 1. The number of carbonyl (C=O) groups is 1. The number of nitrogens with zero attached hydrogens (tertiary/aromatic N) is 3. The monoisotopic (exact) mass is 248 g/mol. The summed E-state index contributed by atoms with van der Waals surface area (Å²) in [5.74, 6) is -0.344. The summed E-state index contributed by atoms with van der Waals surface area (Å²) in [6, 6.07) is 4.92. The highest BCUT2D eigenvalue weighted by Crippen LogP contribution is 2.30. The molecule has 0 aliphatic rings. The molecule has 0 aliphatic heterocycles. The SMILES string of the molecule is COC(=O)c1cccc(N)c1Oc1ncn(C)n1. The lowest BCUT2D eigenvalue weighted by atomic mass is 10.2. The van der Waals surface area contributed by atoms with Crippen molar-refractivity contribution in [1.82, 2.24) is 14.8 Å². The fourth-order valence-electron chi connectivity index (χ4n) is 1.40. The van der Waals surface area contributed by atoms with Crippen molar-refractivity contribution in [2.45, 2.75) is 0 Å². The topological polar surface area (TPSA) is 92.3 Å². The summed E-state index contributed by atoms with van der Waals surface area (Å²) in [5.41, 5.74) is 6.31. The number of nitrogen functional groups attached to an aromatic ring is 1. The van der Waals surface area contributed by atoms with Crippen LogP contribution < -0.4 is 10.5 Å². The normalized spacial score (nSPS) is 10.1. The van der Waals surface area contributed by atoms with Crippen molar-refractivity contribution in [3.63, 3.8) is 0 Å². The zero-order chi connectivity index (χ0) is 13.1. The summed E-state index contributed by atoms with van der Waals surface area (Å²) in [6.07, 6.45) is 1.48. The molecule has 0 spiro atoms. The third kappa shape index (κ3) is 2.24. The average molecular weight is 248 g/mol. The zero-order valence-electron chi connectivity index (χ0n) is 9.95. The van der Waals surface area contributed by atoms with E-state index < -0.39 is 5.97 Å². The summed E-state index contributed by atoms with van der Waals surface area (Å²) in [7, 11) is 2.99. The number of methoxy groups -OCH3 is 1. The van der Waals surface area contributed by atoms with E-state index in [-0.39, 0.29) is 17.3 Å². The number of carbonyl (C=O) groups excluding carboxylic acids is 1. The summed E-state index contributed by atoms with van der Waals surface area (Å²) < 4.78 is 11.5. The van der Waals surface area contributed by atoms with Gasteiger partial charge in [0, 0.05) is 7.05 Å². The van der Waals surface area contributed by atoms with Crippen molar-refractivity contribution < 1.29 is 14.3 Å². The average Bonchev–Trinajstić information content (AvgIpc) is 2.76. The molecule has 1 aromatic heterocycles. The van der Waals surface area contributed by atoms with Crippen LogP contribution in [0.15, 0.2) is 24.5 Å². The fourth-order valence-corrected chi connectivity index (χ4v) is 1.40. The van der Waals surface area contributed by atoms with Crippen LogP contribution in [0.4, 0.5) is 5.69 Å². The summed E-state index contributed by atoms with van der Waals surface area (Å²) >= 11 is 0. The number of hydrogen-bond donors (Lipinski definition) is 1. The van der Waals surface area contributed by atoms with Gasteiger partial charge in [0.15, 0.2) is 5.75 Å². The quantitative estimate of drug-likeness (QED) is 0.642. The maximum atomic E-state index is 11.6. The predicted molar refractivity (Wildman–Crippen MR) is 63.3 cm³/mol. The fraction of sp³-hybridized carbons (Fsp3) is 0.182. The Labute approximate surface area is 103 Å². The molecule has 0 fully saturated rings. The second kappa shape index (κ2) is 4.74. The van der Waals surface area contributed by atoms with E-state index in [1.165, 1.54) is 18.1 Å². The summed E-state index contributed by atoms with van der Waals surface area (Å²) in [5, 5.41) is 3.95. The molecule has 1 aromatic carbocycles. The van der Waals surface area contributed by atoms with E-state index in [1.807, 2.05) is 0 Å². The lowest BCUT2D eigenvalue weighted by Gasteiger charge is -2.09. The molecule has 94 valence electrons. The smallest absolute Gasteiger partial charge is 0.341 e. The van der Waals surface area contributed by atoms with Gasteiger partial charge in [-0.05, 0) is 12.1 Å². The highest BCUT2D eigenvalue weighted by Gasteiger charge is 2.17. The second-order valence-electron chi connectivity index (χ2n) is 3.52. The molecule has 0 radical (unpaired) electrons. The van der Waals surface area contributed by atoms with Gasteiger partial charge in [-0.15, -0.1) is 5.10 Å². The van der Waals surface area contributed by atoms with Gasteiger partial charge in [0.2, 0.25) is 0 Å². The van der Waals surface area contributed by atoms with Crippen LogP contribution >= 0.6 is 0 Å². The van der Waals surface area contributed by atoms with E-state index in [9.17, 15) is 4.79 Å². The first-order valence-electron chi connectivity index (χ1n) is 5.12. The predicted octanol–water partition coefficient (Wildman–Crippen LogP) is 0.976. The van der Waals surface area contributed by atoms with Crippen LogP contribution in [0, 0.1) is 0 Å². The van der Waals surface area contributed by atoms with Crippen molar-refractivity contribution in [2.24, 2.45) is 7.05 Å². The lowest BCUT2D eigenvalue weighted by Crippen LogP contribution is -2.06. The van der Waals surface area contributed by atoms with E-state index in [0.29, 0.717) is 5.69 Å². The van der Waals surface area contributed by atoms with Gasteiger partial charge < -0.3 is 15.2 Å². The Morgan fingerprint density at radius 2 is 2.22 bits per heavy atom. The van der Waals surface area contributed by atoms with Gasteiger partial charge in [0.05, 0.1) is 12.8 Å². The molecule has 0 amide bonds.